The molecule has 1 aromatic carbocycles. The summed E-state index contributed by atoms with van der Waals surface area (Å²) in [5.41, 5.74) is 3.38. The second-order valence-electron chi connectivity index (χ2n) is 7.76. The van der Waals surface area contributed by atoms with Gasteiger partial charge in [0.1, 0.15) is 11.9 Å². The Hall–Kier alpha value is -2.14. The topological polar surface area (TPSA) is 51.7 Å². The normalized spacial score (nSPS) is 30.5. The molecule has 0 spiro atoms. The molecule has 2 fully saturated rings. The van der Waals surface area contributed by atoms with Crippen molar-refractivity contribution in [3.05, 3.63) is 35.5 Å². The van der Waals surface area contributed by atoms with E-state index in [1.165, 1.54) is 5.56 Å². The number of nitrogens with zero attached hydrogens (tertiary/aromatic N) is 2. The number of piperidine rings is 1. The average Bonchev–Trinajstić information content (AvgIpc) is 2.98. The molecule has 0 amide bonds. The molecule has 3 aliphatic heterocycles. The van der Waals surface area contributed by atoms with E-state index in [1.54, 1.807) is 0 Å². The molecule has 3 aliphatic rings. The number of esters is 1. The van der Waals surface area contributed by atoms with Crippen molar-refractivity contribution < 1.29 is 14.3 Å². The number of carbonyl (C=O) groups is 1. The number of benzene rings is 1. The predicted molar refractivity (Wildman–Crippen MR) is 97.8 cm³/mol. The minimum atomic E-state index is -0.0492. The van der Waals surface area contributed by atoms with Gasteiger partial charge in [-0.05, 0) is 38.3 Å². The summed E-state index contributed by atoms with van der Waals surface area (Å²) in [4.78, 5) is 19.4. The molecule has 2 saturated heterocycles. The molecule has 0 bridgehead atoms. The van der Waals surface area contributed by atoms with Gasteiger partial charge in [-0.2, -0.15) is 0 Å². The maximum absolute atomic E-state index is 11.9. The first kappa shape index (κ1) is 16.1. The lowest BCUT2D eigenvalue weighted by Crippen LogP contribution is -2.48. The number of carbonyl (C=O) groups excluding carboxylic acids is 1. The van der Waals surface area contributed by atoms with Crippen LogP contribution in [0.2, 0.25) is 0 Å². The van der Waals surface area contributed by atoms with E-state index in [0.29, 0.717) is 24.9 Å². The molecule has 0 radical (unpaired) electrons. The smallest absolute Gasteiger partial charge is 0.306 e. The number of cyclic esters (lactones) is 1. The van der Waals surface area contributed by atoms with Gasteiger partial charge in [0.15, 0.2) is 0 Å². The highest BCUT2D eigenvalue weighted by molar-refractivity contribution is 5.87. The van der Waals surface area contributed by atoms with Crippen LogP contribution in [-0.4, -0.2) is 35.1 Å². The Bertz CT molecular complexity index is 881. The molecule has 2 aromatic rings. The number of para-hydroxylation sites is 1. The van der Waals surface area contributed by atoms with Crippen LogP contribution < -0.4 is 4.74 Å². The highest BCUT2D eigenvalue weighted by atomic mass is 16.5. The number of hydrogen-bond acceptors (Lipinski definition) is 5. The third kappa shape index (κ3) is 2.33. The SMILES string of the molecule is CCOc1c2c(nc3ccccc13)[C@@H]1C[C@@H]3CC(=O)O[C@@H](C)[C@@H]3CN1C2. The van der Waals surface area contributed by atoms with Crippen molar-refractivity contribution in [3.8, 4) is 5.75 Å². The molecule has 4 heterocycles. The molecule has 0 saturated carbocycles. The minimum Gasteiger partial charge on any atom is -0.493 e. The first-order valence-corrected chi connectivity index (χ1v) is 9.63. The van der Waals surface area contributed by atoms with E-state index in [1.807, 2.05) is 26.0 Å². The molecule has 5 heteroatoms. The van der Waals surface area contributed by atoms with Crippen molar-refractivity contribution in [1.29, 1.82) is 0 Å². The Morgan fingerprint density at radius 1 is 1.35 bits per heavy atom. The second-order valence-corrected chi connectivity index (χ2v) is 7.76. The zero-order valence-electron chi connectivity index (χ0n) is 15.3. The first-order valence-electron chi connectivity index (χ1n) is 9.63. The Labute approximate surface area is 153 Å². The van der Waals surface area contributed by atoms with Gasteiger partial charge in [0.05, 0.1) is 23.9 Å². The van der Waals surface area contributed by atoms with E-state index in [-0.39, 0.29) is 18.1 Å². The summed E-state index contributed by atoms with van der Waals surface area (Å²) in [5.74, 6) is 1.75. The Kier molecular flexibility index (Phi) is 3.67. The maximum atomic E-state index is 11.9. The van der Waals surface area contributed by atoms with Crippen molar-refractivity contribution in [2.24, 2.45) is 11.8 Å². The Balaban J connectivity index is 1.58. The summed E-state index contributed by atoms with van der Waals surface area (Å²) in [5, 5.41) is 1.09. The van der Waals surface area contributed by atoms with Gasteiger partial charge >= 0.3 is 5.97 Å². The summed E-state index contributed by atoms with van der Waals surface area (Å²) in [6, 6.07) is 8.51. The van der Waals surface area contributed by atoms with Crippen LogP contribution in [0.3, 0.4) is 0 Å². The van der Waals surface area contributed by atoms with E-state index in [4.69, 9.17) is 14.5 Å². The lowest BCUT2D eigenvalue weighted by Gasteiger charge is -2.45. The molecule has 26 heavy (non-hydrogen) atoms. The monoisotopic (exact) mass is 352 g/mol. The summed E-state index contributed by atoms with van der Waals surface area (Å²) < 4.78 is 11.6. The zero-order valence-corrected chi connectivity index (χ0v) is 15.3. The highest BCUT2D eigenvalue weighted by Crippen LogP contribution is 2.49. The van der Waals surface area contributed by atoms with Crippen molar-refractivity contribution in [3.63, 3.8) is 0 Å². The van der Waals surface area contributed by atoms with Crippen LogP contribution in [0.4, 0.5) is 0 Å². The average molecular weight is 352 g/mol. The second kappa shape index (κ2) is 5.95. The number of rotatable bonds is 2. The zero-order chi connectivity index (χ0) is 17.8. The van der Waals surface area contributed by atoms with Crippen LogP contribution in [-0.2, 0) is 16.1 Å². The van der Waals surface area contributed by atoms with E-state index < -0.39 is 0 Å². The third-order valence-corrected chi connectivity index (χ3v) is 6.31. The number of hydrogen-bond donors (Lipinski definition) is 0. The summed E-state index contributed by atoms with van der Waals surface area (Å²) in [6.07, 6.45) is 1.53. The van der Waals surface area contributed by atoms with Crippen molar-refractivity contribution in [1.82, 2.24) is 9.88 Å². The molecule has 5 nitrogen and oxygen atoms in total. The Morgan fingerprint density at radius 2 is 2.19 bits per heavy atom. The molecule has 0 unspecified atom stereocenters. The number of pyridine rings is 1. The standard InChI is InChI=1S/C21H24N2O3/c1-3-25-21-14-6-4-5-7-17(14)22-20-16(21)11-23-10-15-12(2)26-19(24)9-13(15)8-18(20)23/h4-7,12-13,15,18H,3,8-11H2,1-2H3/t12-,13+,15-,18-/m0/s1. The molecule has 1 aromatic heterocycles. The van der Waals surface area contributed by atoms with Crippen molar-refractivity contribution in [2.45, 2.75) is 45.4 Å². The molecule has 4 atom stereocenters. The fourth-order valence-corrected chi connectivity index (χ4v) is 5.12. The molecule has 5 rings (SSSR count). The van der Waals surface area contributed by atoms with Gasteiger partial charge in [-0.3, -0.25) is 14.7 Å². The van der Waals surface area contributed by atoms with Crippen LogP contribution >= 0.6 is 0 Å². The third-order valence-electron chi connectivity index (χ3n) is 6.31. The van der Waals surface area contributed by atoms with Gasteiger partial charge in [-0.15, -0.1) is 0 Å². The number of ether oxygens (including phenoxy) is 2. The molecular formula is C21H24N2O3. The largest absolute Gasteiger partial charge is 0.493 e. The van der Waals surface area contributed by atoms with Gasteiger partial charge in [-0.1, -0.05) is 12.1 Å². The molecule has 136 valence electrons. The summed E-state index contributed by atoms with van der Waals surface area (Å²) >= 11 is 0. The fraction of sp³-hybridized carbons (Fsp3) is 0.524. The fourth-order valence-electron chi connectivity index (χ4n) is 5.12. The lowest BCUT2D eigenvalue weighted by atomic mass is 9.76. The summed E-state index contributed by atoms with van der Waals surface area (Å²) in [7, 11) is 0. The van der Waals surface area contributed by atoms with E-state index >= 15 is 0 Å². The number of fused-ring (bicyclic) bond motifs is 5. The van der Waals surface area contributed by atoms with E-state index in [2.05, 4.69) is 17.0 Å². The van der Waals surface area contributed by atoms with Crippen LogP contribution in [0.25, 0.3) is 10.9 Å². The van der Waals surface area contributed by atoms with Crippen LogP contribution in [0.15, 0.2) is 24.3 Å². The predicted octanol–water partition coefficient (Wildman–Crippen LogP) is 3.46. The quantitative estimate of drug-likeness (QED) is 0.775. The van der Waals surface area contributed by atoms with Crippen molar-refractivity contribution >= 4 is 16.9 Å². The van der Waals surface area contributed by atoms with Crippen LogP contribution in [0.1, 0.15) is 44.0 Å². The van der Waals surface area contributed by atoms with Gasteiger partial charge in [0.2, 0.25) is 0 Å². The van der Waals surface area contributed by atoms with Gasteiger partial charge in [-0.25, -0.2) is 0 Å². The molecule has 0 N–H and O–H groups in total. The van der Waals surface area contributed by atoms with Gasteiger partial charge in [0.25, 0.3) is 0 Å². The highest BCUT2D eigenvalue weighted by Gasteiger charge is 2.47. The lowest BCUT2D eigenvalue weighted by molar-refractivity contribution is -0.166. The Morgan fingerprint density at radius 3 is 3.04 bits per heavy atom. The van der Waals surface area contributed by atoms with Crippen molar-refractivity contribution in [2.75, 3.05) is 13.2 Å². The molecular weight excluding hydrogens is 328 g/mol. The van der Waals surface area contributed by atoms with E-state index in [0.717, 1.165) is 41.9 Å². The first-order chi connectivity index (χ1) is 12.7. The van der Waals surface area contributed by atoms with E-state index in [9.17, 15) is 4.79 Å². The summed E-state index contributed by atoms with van der Waals surface area (Å²) in [6.45, 7) is 6.55. The van der Waals surface area contributed by atoms with Crippen LogP contribution in [0.5, 0.6) is 5.75 Å². The minimum absolute atomic E-state index is 0.00399. The number of aromatic nitrogens is 1. The maximum Gasteiger partial charge on any atom is 0.306 e. The van der Waals surface area contributed by atoms with Crippen LogP contribution in [0, 0.1) is 11.8 Å². The van der Waals surface area contributed by atoms with Gasteiger partial charge < -0.3 is 9.47 Å². The molecule has 0 aliphatic carbocycles. The van der Waals surface area contributed by atoms with Gasteiger partial charge in [0, 0.05) is 36.4 Å².